The number of hydrogen-bond donors (Lipinski definition) is 3. The molecule has 0 bridgehead atoms. The number of aliphatic hydroxyl groups is 1. The molecule has 0 saturated heterocycles. The van der Waals surface area contributed by atoms with Crippen molar-refractivity contribution in [3.8, 4) is 22.8 Å². The number of nitrogens with one attached hydrogen (secondary N) is 1. The Hall–Kier alpha value is -4.30. The molecule has 2 amide bonds. The zero-order valence-electron chi connectivity index (χ0n) is 22.4. The highest BCUT2D eigenvalue weighted by Crippen LogP contribution is 2.47. The van der Waals surface area contributed by atoms with Crippen LogP contribution in [0.3, 0.4) is 0 Å². The minimum absolute atomic E-state index is 0.0175. The first-order valence-corrected chi connectivity index (χ1v) is 13.3. The largest absolute Gasteiger partial charge is 0.494 e. The molecule has 4 N–H and O–H groups in total. The van der Waals surface area contributed by atoms with Gasteiger partial charge in [0.05, 0.1) is 29.1 Å². The van der Waals surface area contributed by atoms with Gasteiger partial charge in [-0.15, -0.1) is 11.3 Å². The quantitative estimate of drug-likeness (QED) is 0.270. The molecular weight excluding hydrogens is 580 g/mol. The summed E-state index contributed by atoms with van der Waals surface area (Å²) in [5, 5.41) is 14.0. The number of benzene rings is 2. The van der Waals surface area contributed by atoms with Crippen molar-refractivity contribution in [1.29, 1.82) is 0 Å². The van der Waals surface area contributed by atoms with Gasteiger partial charge in [0.15, 0.2) is 0 Å². The second kappa shape index (κ2) is 10.2. The molecule has 0 fully saturated rings. The number of amides is 2. The smallest absolute Gasteiger partial charge is 0.424 e. The van der Waals surface area contributed by atoms with Crippen LogP contribution in [0.15, 0.2) is 42.5 Å². The maximum absolute atomic E-state index is 14.6. The first-order valence-electron chi connectivity index (χ1n) is 12.4. The lowest BCUT2D eigenvalue weighted by molar-refractivity contribution is -0.265. The highest BCUT2D eigenvalue weighted by Gasteiger charge is 2.57. The average molecular weight is 605 g/mol. The van der Waals surface area contributed by atoms with Crippen LogP contribution in [0.25, 0.3) is 21.5 Å². The van der Waals surface area contributed by atoms with Crippen LogP contribution in [0.4, 0.5) is 17.6 Å². The molecule has 0 radical (unpaired) electrons. The number of methoxy groups -OCH3 is 1. The molecule has 0 spiro atoms. The van der Waals surface area contributed by atoms with E-state index in [1.54, 1.807) is 6.92 Å². The molecule has 0 aliphatic carbocycles. The monoisotopic (exact) mass is 604 g/mol. The van der Waals surface area contributed by atoms with Crippen molar-refractivity contribution < 1.29 is 41.7 Å². The van der Waals surface area contributed by atoms with E-state index in [2.05, 4.69) is 15.3 Å². The summed E-state index contributed by atoms with van der Waals surface area (Å²) in [6.45, 7) is 1.52. The number of halogens is 4. The number of rotatable bonds is 7. The van der Waals surface area contributed by atoms with E-state index in [0.717, 1.165) is 18.2 Å². The summed E-state index contributed by atoms with van der Waals surface area (Å²) >= 11 is 1.27. The fraction of sp³-hybridized carbons (Fsp3) is 0.286. The molecule has 9 nitrogen and oxygen atoms in total. The summed E-state index contributed by atoms with van der Waals surface area (Å²) < 4.78 is 69.0. The van der Waals surface area contributed by atoms with Gasteiger partial charge in [-0.2, -0.15) is 13.2 Å². The number of primary amides is 1. The van der Waals surface area contributed by atoms with Crippen molar-refractivity contribution in [3.05, 3.63) is 70.1 Å². The first-order chi connectivity index (χ1) is 19.7. The van der Waals surface area contributed by atoms with E-state index in [-0.39, 0.29) is 40.5 Å². The van der Waals surface area contributed by atoms with Crippen LogP contribution in [0.2, 0.25) is 0 Å². The van der Waals surface area contributed by atoms with E-state index in [9.17, 15) is 32.3 Å². The Kier molecular flexibility index (Phi) is 7.10. The van der Waals surface area contributed by atoms with Gasteiger partial charge in [-0.3, -0.25) is 9.59 Å². The van der Waals surface area contributed by atoms with E-state index < -0.39 is 47.1 Å². The molecule has 1 unspecified atom stereocenters. The van der Waals surface area contributed by atoms with Gasteiger partial charge in [0.2, 0.25) is 11.5 Å². The Balaban J connectivity index is 1.59. The van der Waals surface area contributed by atoms with Crippen molar-refractivity contribution in [3.63, 3.8) is 0 Å². The number of aromatic nitrogens is 2. The van der Waals surface area contributed by atoms with Gasteiger partial charge in [0.1, 0.15) is 40.5 Å². The standard InChI is InChI=1S/C28H24F4N4O5S/c1-13-35-22-18(40-3)8-15(9-19(22)42-13)24(37)34-11-27(39,28(30,31)32)20-10-17-23(41-12-26(17,2)25(33)38)21(36-20)14-4-6-16(29)7-5-14/h4-10,39H,11-12H2,1-3H3,(H2,33,38)(H,34,37)/t26-,27?/m0/s1. The maximum atomic E-state index is 14.6. The maximum Gasteiger partial charge on any atom is 0.424 e. The van der Waals surface area contributed by atoms with Crippen molar-refractivity contribution in [2.75, 3.05) is 20.3 Å². The second-order valence-corrected chi connectivity index (χ2v) is 11.3. The molecule has 1 aliphatic heterocycles. The third kappa shape index (κ3) is 4.79. The molecule has 2 aromatic heterocycles. The number of carbonyl (C=O) groups excluding carboxylic acids is 2. The van der Waals surface area contributed by atoms with Crippen LogP contribution in [0, 0.1) is 12.7 Å². The van der Waals surface area contributed by atoms with Gasteiger partial charge in [-0.05, 0) is 56.3 Å². The second-order valence-electron chi connectivity index (χ2n) is 10.0. The topological polar surface area (TPSA) is 137 Å². The summed E-state index contributed by atoms with van der Waals surface area (Å²) in [5.74, 6) is -2.18. The Morgan fingerprint density at radius 3 is 2.50 bits per heavy atom. The Morgan fingerprint density at radius 1 is 1.19 bits per heavy atom. The summed E-state index contributed by atoms with van der Waals surface area (Å²) in [6.07, 6.45) is -5.35. The number of fused-ring (bicyclic) bond motifs is 2. The third-order valence-corrected chi connectivity index (χ3v) is 8.10. The fourth-order valence-electron chi connectivity index (χ4n) is 4.65. The lowest BCUT2D eigenvalue weighted by Crippen LogP contribution is -2.51. The minimum Gasteiger partial charge on any atom is -0.494 e. The molecule has 42 heavy (non-hydrogen) atoms. The number of ether oxygens (including phenoxy) is 2. The lowest BCUT2D eigenvalue weighted by Gasteiger charge is -2.31. The molecule has 1 aliphatic rings. The number of thiazole rings is 1. The summed E-state index contributed by atoms with van der Waals surface area (Å²) in [5.41, 5.74) is -0.176. The number of pyridine rings is 1. The minimum atomic E-state index is -5.35. The van der Waals surface area contributed by atoms with Crippen LogP contribution in [0.1, 0.15) is 33.5 Å². The van der Waals surface area contributed by atoms with Gasteiger partial charge in [-0.1, -0.05) is 0 Å². The van der Waals surface area contributed by atoms with Crippen LogP contribution < -0.4 is 20.5 Å². The van der Waals surface area contributed by atoms with Gasteiger partial charge in [0, 0.05) is 16.7 Å². The highest BCUT2D eigenvalue weighted by molar-refractivity contribution is 7.18. The van der Waals surface area contributed by atoms with Crippen molar-refractivity contribution >= 4 is 33.4 Å². The Bertz CT molecular complexity index is 1730. The molecular formula is C28H24F4N4O5S. The van der Waals surface area contributed by atoms with Gasteiger partial charge in [0.25, 0.3) is 5.91 Å². The van der Waals surface area contributed by atoms with Crippen LogP contribution >= 0.6 is 11.3 Å². The molecule has 2 aromatic carbocycles. The summed E-state index contributed by atoms with van der Waals surface area (Å²) in [7, 11) is 1.37. The number of hydrogen-bond acceptors (Lipinski definition) is 8. The van der Waals surface area contributed by atoms with Crippen molar-refractivity contribution in [1.82, 2.24) is 15.3 Å². The zero-order valence-corrected chi connectivity index (χ0v) is 23.2. The predicted octanol–water partition coefficient (Wildman–Crippen LogP) is 4.13. The molecule has 4 aromatic rings. The number of alkyl halides is 3. The molecule has 0 saturated carbocycles. The summed E-state index contributed by atoms with van der Waals surface area (Å²) in [4.78, 5) is 33.9. The van der Waals surface area contributed by atoms with Gasteiger partial charge >= 0.3 is 6.18 Å². The lowest BCUT2D eigenvalue weighted by atomic mass is 9.81. The zero-order chi connectivity index (χ0) is 30.6. The SMILES string of the molecule is COc1cc(C(=O)NCC(O)(c2cc3c(c(-c4ccc(F)cc4)n2)OC[C@]3(C)C(N)=O)C(F)(F)F)cc2sc(C)nc12. The number of nitrogens with zero attached hydrogens (tertiary/aromatic N) is 2. The van der Waals surface area contributed by atoms with E-state index in [1.165, 1.54) is 49.6 Å². The molecule has 220 valence electrons. The van der Waals surface area contributed by atoms with E-state index in [0.29, 0.717) is 15.2 Å². The van der Waals surface area contributed by atoms with E-state index >= 15 is 0 Å². The van der Waals surface area contributed by atoms with E-state index in [1.807, 2.05) is 0 Å². The Morgan fingerprint density at radius 2 is 1.88 bits per heavy atom. The van der Waals surface area contributed by atoms with Gasteiger partial charge < -0.3 is 25.6 Å². The van der Waals surface area contributed by atoms with Crippen LogP contribution in [-0.2, 0) is 15.8 Å². The molecule has 14 heteroatoms. The first kappa shape index (κ1) is 29.2. The molecule has 2 atom stereocenters. The Labute approximate surface area is 240 Å². The predicted molar refractivity (Wildman–Crippen MR) is 145 cm³/mol. The third-order valence-electron chi connectivity index (χ3n) is 7.18. The average Bonchev–Trinajstić information content (AvgIpc) is 3.50. The fourth-order valence-corrected chi connectivity index (χ4v) is 5.53. The van der Waals surface area contributed by atoms with Crippen molar-refractivity contribution in [2.45, 2.75) is 31.0 Å². The highest BCUT2D eigenvalue weighted by atomic mass is 32.1. The van der Waals surface area contributed by atoms with Crippen LogP contribution in [0.5, 0.6) is 11.5 Å². The van der Waals surface area contributed by atoms with E-state index in [4.69, 9.17) is 15.2 Å². The number of carbonyl (C=O) groups is 2. The number of aryl methyl sites for hydroxylation is 1. The number of nitrogens with two attached hydrogens (primary N) is 1. The molecule has 5 rings (SSSR count). The summed E-state index contributed by atoms with van der Waals surface area (Å²) in [6, 6.07) is 8.37. The normalized spacial score (nSPS) is 17.8. The molecule has 3 heterocycles. The van der Waals surface area contributed by atoms with Crippen molar-refractivity contribution in [2.24, 2.45) is 5.73 Å². The van der Waals surface area contributed by atoms with Crippen LogP contribution in [-0.4, -0.2) is 53.3 Å². The van der Waals surface area contributed by atoms with Gasteiger partial charge in [-0.25, -0.2) is 14.4 Å².